The second-order valence-electron chi connectivity index (χ2n) is 3.31. The van der Waals surface area contributed by atoms with Crippen molar-refractivity contribution in [2.24, 2.45) is 0 Å². The lowest BCUT2D eigenvalue weighted by molar-refractivity contribution is -0.195. The molecule has 0 amide bonds. The summed E-state index contributed by atoms with van der Waals surface area (Å²) >= 11 is 2.20. The monoisotopic (exact) mass is 295 g/mol. The van der Waals surface area contributed by atoms with E-state index in [9.17, 15) is 13.2 Å². The summed E-state index contributed by atoms with van der Waals surface area (Å²) in [6, 6.07) is 3.66. The summed E-state index contributed by atoms with van der Waals surface area (Å²) in [5, 5.41) is 17.3. The van der Waals surface area contributed by atoms with Crippen LogP contribution in [-0.4, -0.2) is 38.3 Å². The summed E-state index contributed by atoms with van der Waals surface area (Å²) in [6.07, 6.45) is -6.98. The highest BCUT2D eigenvalue weighted by molar-refractivity contribution is 7.99. The van der Waals surface area contributed by atoms with Crippen LogP contribution in [0.5, 0.6) is 0 Å². The summed E-state index contributed by atoms with van der Waals surface area (Å²) in [5.41, 5.74) is 0. The smallest absolute Gasteiger partial charge is 0.383 e. The molecule has 0 saturated carbocycles. The lowest BCUT2D eigenvalue weighted by Gasteiger charge is -2.12. The molecule has 2 heterocycles. The van der Waals surface area contributed by atoms with Crippen LogP contribution in [0.3, 0.4) is 0 Å². The van der Waals surface area contributed by atoms with E-state index in [2.05, 4.69) is 15.2 Å². The molecular formula is C9H8F3N3OS2. The summed E-state index contributed by atoms with van der Waals surface area (Å²) < 4.78 is 36.2. The standard InChI is InChI=1S/C9H8F3N3OS2/c10-9(11,12)6(16)4-18-8-13-7(14-15-8)5-2-1-3-17-5/h1-3,6,16H,4H2,(H,13,14,15)/t6-/m1/s1. The van der Waals surface area contributed by atoms with Crippen molar-refractivity contribution in [2.75, 3.05) is 5.75 Å². The second-order valence-corrected chi connectivity index (χ2v) is 5.25. The fourth-order valence-corrected chi connectivity index (χ4v) is 2.51. The quantitative estimate of drug-likeness (QED) is 0.851. The number of nitrogens with one attached hydrogen (secondary N) is 1. The molecule has 9 heteroatoms. The number of aromatic amines is 1. The zero-order chi connectivity index (χ0) is 13.2. The molecule has 0 saturated heterocycles. The average Bonchev–Trinajstić information content (AvgIpc) is 2.94. The van der Waals surface area contributed by atoms with Crippen molar-refractivity contribution in [3.63, 3.8) is 0 Å². The van der Waals surface area contributed by atoms with E-state index in [4.69, 9.17) is 5.11 Å². The molecule has 18 heavy (non-hydrogen) atoms. The van der Waals surface area contributed by atoms with E-state index in [1.807, 2.05) is 17.5 Å². The molecule has 0 radical (unpaired) electrons. The first-order valence-electron chi connectivity index (χ1n) is 4.80. The lowest BCUT2D eigenvalue weighted by Crippen LogP contribution is -2.30. The van der Waals surface area contributed by atoms with Crippen LogP contribution in [0, 0.1) is 0 Å². The number of aliphatic hydroxyl groups excluding tert-OH is 1. The Hall–Kier alpha value is -1.06. The Labute approximate surface area is 108 Å². The fourth-order valence-electron chi connectivity index (χ4n) is 1.08. The summed E-state index contributed by atoms with van der Waals surface area (Å²) in [4.78, 5) is 4.89. The number of alkyl halides is 3. The molecule has 0 aromatic carbocycles. The minimum Gasteiger partial charge on any atom is -0.383 e. The molecule has 4 nitrogen and oxygen atoms in total. The molecule has 98 valence electrons. The Bertz CT molecular complexity index is 497. The van der Waals surface area contributed by atoms with Gasteiger partial charge in [0.2, 0.25) is 5.16 Å². The first kappa shape index (κ1) is 13.4. The fraction of sp³-hybridized carbons (Fsp3) is 0.333. The van der Waals surface area contributed by atoms with Crippen LogP contribution in [0.4, 0.5) is 13.2 Å². The number of halogens is 3. The Morgan fingerprint density at radius 1 is 1.50 bits per heavy atom. The number of thioether (sulfide) groups is 1. The molecule has 0 spiro atoms. The average molecular weight is 295 g/mol. The van der Waals surface area contributed by atoms with E-state index in [-0.39, 0.29) is 5.16 Å². The minimum atomic E-state index is -4.61. The van der Waals surface area contributed by atoms with E-state index >= 15 is 0 Å². The number of hydrogen-bond acceptors (Lipinski definition) is 5. The molecule has 2 N–H and O–H groups in total. The van der Waals surface area contributed by atoms with Gasteiger partial charge in [-0.1, -0.05) is 17.8 Å². The molecule has 0 unspecified atom stereocenters. The van der Waals surface area contributed by atoms with Gasteiger partial charge in [0, 0.05) is 5.75 Å². The molecule has 0 aliphatic heterocycles. The van der Waals surface area contributed by atoms with Crippen LogP contribution in [0.15, 0.2) is 22.7 Å². The third-order valence-corrected chi connectivity index (χ3v) is 3.77. The number of hydrogen-bond donors (Lipinski definition) is 2. The number of aromatic nitrogens is 3. The van der Waals surface area contributed by atoms with Gasteiger partial charge in [-0.15, -0.1) is 16.4 Å². The normalized spacial score (nSPS) is 13.8. The van der Waals surface area contributed by atoms with Crippen LogP contribution in [0.25, 0.3) is 10.7 Å². The molecule has 0 bridgehead atoms. The van der Waals surface area contributed by atoms with Crippen molar-refractivity contribution in [1.82, 2.24) is 15.2 Å². The maximum Gasteiger partial charge on any atom is 0.415 e. The molecule has 0 fully saturated rings. The van der Waals surface area contributed by atoms with Crippen LogP contribution < -0.4 is 0 Å². The first-order valence-corrected chi connectivity index (χ1v) is 6.67. The van der Waals surface area contributed by atoms with Gasteiger partial charge in [0.25, 0.3) is 0 Å². The van der Waals surface area contributed by atoms with Crippen LogP contribution in [0.1, 0.15) is 0 Å². The van der Waals surface area contributed by atoms with Gasteiger partial charge in [-0.2, -0.15) is 13.2 Å². The zero-order valence-electron chi connectivity index (χ0n) is 8.81. The van der Waals surface area contributed by atoms with Gasteiger partial charge in [-0.3, -0.25) is 5.10 Å². The summed E-state index contributed by atoms with van der Waals surface area (Å²) in [6.45, 7) is 0. The molecular weight excluding hydrogens is 287 g/mol. The third kappa shape index (κ3) is 3.24. The van der Waals surface area contributed by atoms with Crippen molar-refractivity contribution in [3.8, 4) is 10.7 Å². The SMILES string of the molecule is O[C@H](CSc1n[nH]c(-c2cccs2)n1)C(F)(F)F. The molecule has 2 rings (SSSR count). The van der Waals surface area contributed by atoms with Gasteiger partial charge < -0.3 is 5.11 Å². The number of H-pyrrole nitrogens is 1. The molecule has 2 aromatic rings. The number of aliphatic hydroxyl groups is 1. The number of rotatable bonds is 4. The largest absolute Gasteiger partial charge is 0.415 e. The van der Waals surface area contributed by atoms with Gasteiger partial charge in [-0.05, 0) is 11.4 Å². The summed E-state index contributed by atoms with van der Waals surface area (Å²) in [5.74, 6) is -0.0143. The first-order chi connectivity index (χ1) is 8.47. The highest BCUT2D eigenvalue weighted by Gasteiger charge is 2.38. The van der Waals surface area contributed by atoms with Gasteiger partial charge in [0.15, 0.2) is 11.9 Å². The molecule has 1 atom stereocenters. The van der Waals surface area contributed by atoms with Crippen LogP contribution >= 0.6 is 23.1 Å². The van der Waals surface area contributed by atoms with E-state index in [0.29, 0.717) is 5.82 Å². The molecule has 0 aliphatic rings. The van der Waals surface area contributed by atoms with Crippen LogP contribution in [-0.2, 0) is 0 Å². The lowest BCUT2D eigenvalue weighted by atomic mass is 10.4. The van der Waals surface area contributed by atoms with Crippen LogP contribution in [0.2, 0.25) is 0 Å². The molecule has 2 aromatic heterocycles. The Balaban J connectivity index is 1.96. The van der Waals surface area contributed by atoms with Crippen molar-refractivity contribution < 1.29 is 18.3 Å². The Morgan fingerprint density at radius 3 is 2.89 bits per heavy atom. The van der Waals surface area contributed by atoms with Gasteiger partial charge in [0.1, 0.15) is 0 Å². The number of nitrogens with zero attached hydrogens (tertiary/aromatic N) is 2. The Kier molecular flexibility index (Phi) is 3.93. The highest BCUT2D eigenvalue weighted by Crippen LogP contribution is 2.27. The van der Waals surface area contributed by atoms with Crippen molar-refractivity contribution in [3.05, 3.63) is 17.5 Å². The van der Waals surface area contributed by atoms with Crippen molar-refractivity contribution >= 4 is 23.1 Å². The van der Waals surface area contributed by atoms with E-state index in [1.54, 1.807) is 0 Å². The van der Waals surface area contributed by atoms with Gasteiger partial charge in [0.05, 0.1) is 4.88 Å². The summed E-state index contributed by atoms with van der Waals surface area (Å²) in [7, 11) is 0. The third-order valence-electron chi connectivity index (χ3n) is 1.97. The minimum absolute atomic E-state index is 0.182. The number of thiophene rings is 1. The predicted octanol–water partition coefficient (Wildman–Crippen LogP) is 2.55. The maximum atomic E-state index is 12.1. The van der Waals surface area contributed by atoms with Gasteiger partial charge in [-0.25, -0.2) is 4.98 Å². The van der Waals surface area contributed by atoms with E-state index in [0.717, 1.165) is 16.6 Å². The van der Waals surface area contributed by atoms with E-state index < -0.39 is 18.0 Å². The Morgan fingerprint density at radius 2 is 2.28 bits per heavy atom. The van der Waals surface area contributed by atoms with E-state index in [1.165, 1.54) is 11.3 Å². The predicted molar refractivity (Wildman–Crippen MR) is 62.5 cm³/mol. The van der Waals surface area contributed by atoms with Crippen molar-refractivity contribution in [1.29, 1.82) is 0 Å². The molecule has 0 aliphatic carbocycles. The second kappa shape index (κ2) is 5.29. The zero-order valence-corrected chi connectivity index (χ0v) is 10.4. The topological polar surface area (TPSA) is 61.8 Å². The highest BCUT2D eigenvalue weighted by atomic mass is 32.2. The van der Waals surface area contributed by atoms with Gasteiger partial charge >= 0.3 is 6.18 Å². The van der Waals surface area contributed by atoms with Crippen molar-refractivity contribution in [2.45, 2.75) is 17.4 Å². The maximum absolute atomic E-state index is 12.1.